The minimum absolute atomic E-state index is 0.0986. The first kappa shape index (κ1) is 22.1. The second-order valence-electron chi connectivity index (χ2n) is 5.26. The Morgan fingerprint density at radius 3 is 1.85 bits per heavy atom. The van der Waals surface area contributed by atoms with Crippen LogP contribution in [-0.2, 0) is 14.6 Å². The lowest BCUT2D eigenvalue weighted by molar-refractivity contribution is 0.0600. The van der Waals surface area contributed by atoms with Gasteiger partial charge in [0.15, 0.2) is 0 Å². The van der Waals surface area contributed by atoms with Crippen molar-refractivity contribution in [3.8, 4) is 0 Å². The zero-order valence-electron chi connectivity index (χ0n) is 13.1. The van der Waals surface area contributed by atoms with Crippen molar-refractivity contribution in [3.05, 3.63) is 50.9 Å². The van der Waals surface area contributed by atoms with Gasteiger partial charge in [0.05, 0.1) is 22.5 Å². The Bertz CT molecular complexity index is 1050. The Kier molecular flexibility index (Phi) is 5.04. The van der Waals surface area contributed by atoms with Crippen molar-refractivity contribution < 1.29 is 37.4 Å². The van der Waals surface area contributed by atoms with Gasteiger partial charge in [-0.15, -0.1) is 0 Å². The van der Waals surface area contributed by atoms with Gasteiger partial charge in [0.25, 0.3) is 0 Å². The lowest BCUT2D eigenvalue weighted by Crippen LogP contribution is -2.10. The van der Waals surface area contributed by atoms with Gasteiger partial charge in [0, 0.05) is 8.95 Å². The van der Waals surface area contributed by atoms with E-state index in [0.717, 1.165) is 25.3 Å². The van der Waals surface area contributed by atoms with E-state index >= 15 is 0 Å². The summed E-state index contributed by atoms with van der Waals surface area (Å²) < 4.78 is 94.9. The molecule has 2 rings (SSSR count). The molecule has 0 aromatic heterocycles. The second-order valence-corrected chi connectivity index (χ2v) is 11.5. The Labute approximate surface area is 167 Å². The summed E-state index contributed by atoms with van der Waals surface area (Å²) in [6, 6.07) is 3.82. The van der Waals surface area contributed by atoms with Crippen LogP contribution in [0.15, 0.2) is 60.0 Å². The molecule has 0 amide bonds. The summed E-state index contributed by atoms with van der Waals surface area (Å²) >= 11 is 5.60. The average molecular weight is 560 g/mol. The lowest BCUT2D eigenvalue weighted by Gasteiger charge is -2.40. The van der Waals surface area contributed by atoms with Crippen LogP contribution in [0.25, 0.3) is 0 Å². The van der Waals surface area contributed by atoms with Crippen LogP contribution < -0.4 is 0 Å². The summed E-state index contributed by atoms with van der Waals surface area (Å²) in [5, 5.41) is 0. The fourth-order valence-electron chi connectivity index (χ4n) is 2.00. The van der Waals surface area contributed by atoms with Gasteiger partial charge < -0.3 is 4.74 Å². The predicted octanol–water partition coefficient (Wildman–Crippen LogP) is 6.49. The van der Waals surface area contributed by atoms with Gasteiger partial charge in [0.1, 0.15) is 4.90 Å². The summed E-state index contributed by atoms with van der Waals surface area (Å²) in [6.45, 7) is 0. The number of esters is 1. The van der Waals surface area contributed by atoms with Gasteiger partial charge in [-0.1, -0.05) is 51.3 Å². The van der Waals surface area contributed by atoms with Gasteiger partial charge in [0.2, 0.25) is 9.84 Å². The predicted molar refractivity (Wildman–Crippen MR) is 96.5 cm³/mol. The first-order valence-corrected chi connectivity index (χ1v) is 11.6. The largest absolute Gasteiger partial charge is 0.465 e. The zero-order valence-corrected chi connectivity index (χ0v) is 17.9. The van der Waals surface area contributed by atoms with E-state index in [9.17, 15) is 32.6 Å². The highest BCUT2D eigenvalue weighted by molar-refractivity contribution is 9.10. The van der Waals surface area contributed by atoms with Crippen molar-refractivity contribution in [2.75, 3.05) is 7.11 Å². The number of rotatable bonds is 4. The SMILES string of the molecule is COC(=O)c1cc(Br)cc(S(=O)(=O)c2cc(Br)cc(S(F)(F)(F)(F)F)c2)c1. The number of hydrogen-bond acceptors (Lipinski definition) is 4. The summed E-state index contributed by atoms with van der Waals surface area (Å²) in [4.78, 5) is 7.66. The van der Waals surface area contributed by atoms with Crippen molar-refractivity contribution in [1.29, 1.82) is 0 Å². The lowest BCUT2D eigenvalue weighted by atomic mass is 10.2. The quantitative estimate of drug-likeness (QED) is 0.317. The van der Waals surface area contributed by atoms with E-state index in [4.69, 9.17) is 0 Å². The number of methoxy groups -OCH3 is 1. The number of carbonyl (C=O) groups excluding carboxylic acids is 1. The fraction of sp³-hybridized carbons (Fsp3) is 0.0714. The molecule has 0 N–H and O–H groups in total. The number of halogens is 7. The van der Waals surface area contributed by atoms with Gasteiger partial charge in [-0.3, -0.25) is 0 Å². The van der Waals surface area contributed by atoms with E-state index in [2.05, 4.69) is 36.6 Å². The maximum atomic E-state index is 13.1. The van der Waals surface area contributed by atoms with Crippen molar-refractivity contribution in [2.24, 2.45) is 0 Å². The number of carbonyl (C=O) groups is 1. The Balaban J connectivity index is 2.74. The third-order valence-electron chi connectivity index (χ3n) is 3.20. The minimum Gasteiger partial charge on any atom is -0.465 e. The molecule has 0 heterocycles. The number of benzene rings is 2. The van der Waals surface area contributed by atoms with E-state index in [1.807, 2.05) is 0 Å². The smallest absolute Gasteiger partial charge is 0.337 e. The van der Waals surface area contributed by atoms with Crippen LogP contribution >= 0.6 is 42.1 Å². The molecule has 0 fully saturated rings. The molecule has 2 aromatic rings. The molecule has 27 heavy (non-hydrogen) atoms. The minimum atomic E-state index is -10.1. The highest BCUT2D eigenvalue weighted by Crippen LogP contribution is 3.02. The number of hydrogen-bond donors (Lipinski definition) is 0. The van der Waals surface area contributed by atoms with Gasteiger partial charge in [-0.2, -0.15) is 0 Å². The van der Waals surface area contributed by atoms with Crippen molar-refractivity contribution in [2.45, 2.75) is 14.7 Å². The summed E-state index contributed by atoms with van der Waals surface area (Å²) in [5.41, 5.74) is -0.201. The fourth-order valence-corrected chi connectivity index (χ4v) is 5.62. The Morgan fingerprint density at radius 2 is 1.37 bits per heavy atom. The molecular weight excluding hydrogens is 551 g/mol. The zero-order chi connectivity index (χ0) is 20.9. The molecular formula is C14H9Br2F5O4S2. The molecule has 0 radical (unpaired) electrons. The highest BCUT2D eigenvalue weighted by Gasteiger charge is 2.65. The summed E-state index contributed by atoms with van der Waals surface area (Å²) in [7, 11) is -13.7. The van der Waals surface area contributed by atoms with Crippen LogP contribution in [0.3, 0.4) is 0 Å². The van der Waals surface area contributed by atoms with Crippen LogP contribution in [0, 0.1) is 0 Å². The molecule has 0 unspecified atom stereocenters. The standard InChI is InChI=1S/C14H9Br2F5O4S2/c1-25-14(22)8-2-9(15)4-11(3-8)26(23,24)12-5-10(16)6-13(7-12)27(17,18,19,20)21/h2-7H,1H3. The monoisotopic (exact) mass is 558 g/mol. The molecule has 0 aliphatic rings. The topological polar surface area (TPSA) is 60.4 Å². The molecule has 2 aromatic carbocycles. The van der Waals surface area contributed by atoms with E-state index in [1.165, 1.54) is 6.07 Å². The van der Waals surface area contributed by atoms with Crippen LogP contribution in [0.5, 0.6) is 0 Å². The molecule has 0 saturated carbocycles. The maximum Gasteiger partial charge on any atom is 0.337 e. The van der Waals surface area contributed by atoms with E-state index in [1.54, 1.807) is 0 Å². The third kappa shape index (κ3) is 5.00. The van der Waals surface area contributed by atoms with Crippen LogP contribution in [0.1, 0.15) is 10.4 Å². The molecule has 0 saturated heterocycles. The number of sulfone groups is 1. The van der Waals surface area contributed by atoms with Crippen molar-refractivity contribution in [3.63, 3.8) is 0 Å². The van der Waals surface area contributed by atoms with Crippen molar-refractivity contribution >= 4 is 57.9 Å². The van der Waals surface area contributed by atoms with E-state index < -0.39 is 45.2 Å². The second kappa shape index (κ2) is 6.16. The number of ether oxygens (including phenoxy) is 1. The highest BCUT2D eigenvalue weighted by atomic mass is 79.9. The Hall–Kier alpha value is -1.18. The third-order valence-corrected chi connectivity index (χ3v) is 6.96. The average Bonchev–Trinajstić information content (AvgIpc) is 2.50. The van der Waals surface area contributed by atoms with E-state index in [-0.39, 0.29) is 22.2 Å². The molecule has 0 aliphatic heterocycles. The molecule has 0 bridgehead atoms. The molecule has 0 aliphatic carbocycles. The van der Waals surface area contributed by atoms with Gasteiger partial charge in [-0.05, 0) is 36.4 Å². The Morgan fingerprint density at radius 1 is 0.889 bits per heavy atom. The van der Waals surface area contributed by atoms with Crippen LogP contribution in [-0.4, -0.2) is 21.5 Å². The van der Waals surface area contributed by atoms with Crippen molar-refractivity contribution in [1.82, 2.24) is 0 Å². The molecule has 150 valence electrons. The first-order chi connectivity index (χ1) is 11.9. The van der Waals surface area contributed by atoms with Gasteiger partial charge >= 0.3 is 16.2 Å². The molecule has 13 heteroatoms. The normalized spacial score (nSPS) is 15.0. The molecule has 0 spiro atoms. The van der Waals surface area contributed by atoms with Gasteiger partial charge in [-0.25, -0.2) is 13.2 Å². The van der Waals surface area contributed by atoms with Crippen LogP contribution in [0.2, 0.25) is 0 Å². The maximum absolute atomic E-state index is 13.1. The van der Waals surface area contributed by atoms with Crippen LogP contribution in [0.4, 0.5) is 19.4 Å². The molecule has 4 nitrogen and oxygen atoms in total. The summed E-state index contributed by atoms with van der Waals surface area (Å²) in [5.74, 6) is -0.894. The first-order valence-electron chi connectivity index (χ1n) is 6.63. The molecule has 0 atom stereocenters. The van der Waals surface area contributed by atoms with E-state index in [0.29, 0.717) is 0 Å². The summed E-state index contributed by atoms with van der Waals surface area (Å²) in [6.07, 6.45) is 0.